The Hall–Kier alpha value is -2.25. The van der Waals surface area contributed by atoms with E-state index in [1.807, 2.05) is 25.1 Å². The minimum absolute atomic E-state index is 0.000666. The van der Waals surface area contributed by atoms with Gasteiger partial charge in [0.25, 0.3) is 0 Å². The molecule has 0 heterocycles. The van der Waals surface area contributed by atoms with Crippen molar-refractivity contribution in [2.75, 3.05) is 33.2 Å². The van der Waals surface area contributed by atoms with Crippen LogP contribution in [0.4, 0.5) is 5.69 Å². The molecule has 6 nitrogen and oxygen atoms in total. The lowest BCUT2D eigenvalue weighted by atomic mass is 10.1. The smallest absolute Gasteiger partial charge is 0.238 e. The predicted octanol–water partition coefficient (Wildman–Crippen LogP) is 3.76. The average molecular weight is 423 g/mol. The van der Waals surface area contributed by atoms with Gasteiger partial charge in [-0.05, 0) is 52.7 Å². The number of hydrogen-bond donors (Lipinski definition) is 2. The second-order valence-electron chi connectivity index (χ2n) is 5.61. The number of nitrogens with one attached hydrogen (secondary N) is 2. The molecular formula is C19H23BrN2O4. The van der Waals surface area contributed by atoms with Gasteiger partial charge in [-0.25, -0.2) is 0 Å². The molecule has 1 atom stereocenters. The van der Waals surface area contributed by atoms with Crippen molar-refractivity contribution >= 4 is 27.5 Å². The molecule has 0 saturated heterocycles. The van der Waals surface area contributed by atoms with Crippen LogP contribution in [0.15, 0.2) is 40.9 Å². The van der Waals surface area contributed by atoms with Crippen LogP contribution in [-0.4, -0.2) is 33.8 Å². The molecule has 0 fully saturated rings. The maximum absolute atomic E-state index is 12.2. The molecule has 7 heteroatoms. The summed E-state index contributed by atoms with van der Waals surface area (Å²) in [7, 11) is 4.75. The second-order valence-corrected chi connectivity index (χ2v) is 6.47. The Morgan fingerprint density at radius 1 is 1.04 bits per heavy atom. The number of carbonyl (C=O) groups excluding carboxylic acids is 1. The number of carbonyl (C=O) groups is 1. The lowest BCUT2D eigenvalue weighted by molar-refractivity contribution is -0.115. The lowest BCUT2D eigenvalue weighted by Gasteiger charge is -2.16. The molecule has 0 radical (unpaired) electrons. The maximum atomic E-state index is 12.2. The summed E-state index contributed by atoms with van der Waals surface area (Å²) in [6.45, 7) is 2.16. The van der Waals surface area contributed by atoms with Crippen molar-refractivity contribution in [2.45, 2.75) is 13.0 Å². The van der Waals surface area contributed by atoms with Crippen LogP contribution < -0.4 is 24.8 Å². The van der Waals surface area contributed by atoms with Crippen LogP contribution in [0.3, 0.4) is 0 Å². The van der Waals surface area contributed by atoms with Crippen molar-refractivity contribution in [2.24, 2.45) is 0 Å². The van der Waals surface area contributed by atoms with E-state index in [0.29, 0.717) is 17.2 Å². The van der Waals surface area contributed by atoms with Crippen LogP contribution in [0.2, 0.25) is 0 Å². The van der Waals surface area contributed by atoms with E-state index in [9.17, 15) is 4.79 Å². The van der Waals surface area contributed by atoms with Crippen molar-refractivity contribution in [3.63, 3.8) is 0 Å². The van der Waals surface area contributed by atoms with Crippen molar-refractivity contribution < 1.29 is 19.0 Å². The van der Waals surface area contributed by atoms with E-state index in [2.05, 4.69) is 26.6 Å². The second kappa shape index (κ2) is 9.45. The van der Waals surface area contributed by atoms with Crippen LogP contribution in [0.1, 0.15) is 18.5 Å². The molecule has 0 aliphatic carbocycles. The molecule has 0 unspecified atom stereocenters. The predicted molar refractivity (Wildman–Crippen MR) is 105 cm³/mol. The summed E-state index contributed by atoms with van der Waals surface area (Å²) in [6, 6.07) is 11.1. The maximum Gasteiger partial charge on any atom is 0.238 e. The number of rotatable bonds is 8. The Morgan fingerprint density at radius 2 is 1.77 bits per heavy atom. The highest BCUT2D eigenvalue weighted by molar-refractivity contribution is 9.10. The third-order valence-electron chi connectivity index (χ3n) is 3.93. The molecule has 0 aromatic heterocycles. The molecule has 2 rings (SSSR count). The first-order valence-electron chi connectivity index (χ1n) is 8.07. The summed E-state index contributed by atoms with van der Waals surface area (Å²) in [4.78, 5) is 12.2. The van der Waals surface area contributed by atoms with Gasteiger partial charge in [-0.3, -0.25) is 4.79 Å². The summed E-state index contributed by atoms with van der Waals surface area (Å²) < 4.78 is 16.5. The number of anilines is 1. The highest BCUT2D eigenvalue weighted by atomic mass is 79.9. The van der Waals surface area contributed by atoms with E-state index in [1.165, 1.54) is 0 Å². The summed E-state index contributed by atoms with van der Waals surface area (Å²) in [6.07, 6.45) is 0. The molecule has 0 spiro atoms. The fourth-order valence-electron chi connectivity index (χ4n) is 2.41. The third kappa shape index (κ3) is 5.12. The van der Waals surface area contributed by atoms with Gasteiger partial charge >= 0.3 is 0 Å². The summed E-state index contributed by atoms with van der Waals surface area (Å²) in [5.41, 5.74) is 1.65. The Bertz CT molecular complexity index is 767. The molecule has 2 aromatic carbocycles. The van der Waals surface area contributed by atoms with E-state index < -0.39 is 0 Å². The van der Waals surface area contributed by atoms with Crippen LogP contribution in [0.5, 0.6) is 17.2 Å². The first-order chi connectivity index (χ1) is 12.5. The van der Waals surface area contributed by atoms with Crippen LogP contribution >= 0.6 is 15.9 Å². The molecule has 0 bridgehead atoms. The molecule has 0 aliphatic heterocycles. The van der Waals surface area contributed by atoms with E-state index in [4.69, 9.17) is 14.2 Å². The first kappa shape index (κ1) is 20.1. The van der Waals surface area contributed by atoms with Crippen molar-refractivity contribution in [3.05, 3.63) is 46.4 Å². The number of benzene rings is 2. The van der Waals surface area contributed by atoms with Crippen molar-refractivity contribution in [1.82, 2.24) is 5.32 Å². The minimum Gasteiger partial charge on any atom is -0.497 e. The lowest BCUT2D eigenvalue weighted by Crippen LogP contribution is -2.30. The van der Waals surface area contributed by atoms with Gasteiger partial charge in [-0.2, -0.15) is 0 Å². The molecule has 2 aromatic rings. The fraction of sp³-hybridized carbons (Fsp3) is 0.316. The Kier molecular flexibility index (Phi) is 7.29. The molecule has 0 aliphatic rings. The Morgan fingerprint density at radius 3 is 2.38 bits per heavy atom. The van der Waals surface area contributed by atoms with E-state index in [-0.39, 0.29) is 18.5 Å². The van der Waals surface area contributed by atoms with Crippen molar-refractivity contribution in [1.29, 1.82) is 0 Å². The van der Waals surface area contributed by atoms with Crippen molar-refractivity contribution in [3.8, 4) is 17.2 Å². The minimum atomic E-state index is -0.159. The van der Waals surface area contributed by atoms with Crippen LogP contribution in [0, 0.1) is 0 Å². The first-order valence-corrected chi connectivity index (χ1v) is 8.86. The van der Waals surface area contributed by atoms with Gasteiger partial charge in [-0.15, -0.1) is 0 Å². The van der Waals surface area contributed by atoms with Gasteiger partial charge in [0.15, 0.2) is 0 Å². The number of methoxy groups -OCH3 is 3. The third-order valence-corrected chi connectivity index (χ3v) is 4.55. The summed E-state index contributed by atoms with van der Waals surface area (Å²) in [5, 5.41) is 6.04. The Labute approximate surface area is 162 Å². The number of hydrogen-bond acceptors (Lipinski definition) is 5. The number of amides is 1. The number of halogens is 1. The largest absolute Gasteiger partial charge is 0.497 e. The van der Waals surface area contributed by atoms with E-state index >= 15 is 0 Å². The van der Waals surface area contributed by atoms with Crippen LogP contribution in [-0.2, 0) is 4.79 Å². The summed E-state index contributed by atoms with van der Waals surface area (Å²) >= 11 is 3.47. The zero-order chi connectivity index (χ0) is 19.1. The molecule has 2 N–H and O–H groups in total. The van der Waals surface area contributed by atoms with Gasteiger partial charge in [0.2, 0.25) is 5.91 Å². The van der Waals surface area contributed by atoms with E-state index in [1.54, 1.807) is 39.5 Å². The molecule has 140 valence electrons. The molecular weight excluding hydrogens is 400 g/mol. The molecule has 1 amide bonds. The topological polar surface area (TPSA) is 68.8 Å². The van der Waals surface area contributed by atoms with Gasteiger partial charge < -0.3 is 24.8 Å². The van der Waals surface area contributed by atoms with Crippen LogP contribution in [0.25, 0.3) is 0 Å². The molecule has 26 heavy (non-hydrogen) atoms. The zero-order valence-electron chi connectivity index (χ0n) is 15.3. The quantitative estimate of drug-likeness (QED) is 0.677. The van der Waals surface area contributed by atoms with Gasteiger partial charge in [-0.1, -0.05) is 6.07 Å². The molecule has 0 saturated carbocycles. The highest BCUT2D eigenvalue weighted by Gasteiger charge is 2.12. The summed E-state index contributed by atoms with van der Waals surface area (Å²) in [5.74, 6) is 1.82. The van der Waals surface area contributed by atoms with Gasteiger partial charge in [0.05, 0.1) is 38.0 Å². The zero-order valence-corrected chi connectivity index (χ0v) is 16.8. The monoisotopic (exact) mass is 422 g/mol. The fourth-order valence-corrected chi connectivity index (χ4v) is 2.97. The SMILES string of the molecule is COc1ccc(NC(=O)CN[C@@H](C)c2ccc(OC)c(Br)c2)c(OC)c1. The van der Waals surface area contributed by atoms with E-state index in [0.717, 1.165) is 15.8 Å². The average Bonchev–Trinajstić information content (AvgIpc) is 2.66. The Balaban J connectivity index is 1.95. The highest BCUT2D eigenvalue weighted by Crippen LogP contribution is 2.29. The number of ether oxygens (including phenoxy) is 3. The van der Waals surface area contributed by atoms with Gasteiger partial charge in [0.1, 0.15) is 17.2 Å². The van der Waals surface area contributed by atoms with Gasteiger partial charge in [0, 0.05) is 12.1 Å². The normalized spacial score (nSPS) is 11.6. The standard InChI is InChI=1S/C19H23BrN2O4/c1-12(13-5-8-17(25-3)15(20)9-13)21-11-19(23)22-16-7-6-14(24-2)10-18(16)26-4/h5-10,12,21H,11H2,1-4H3,(H,22,23)/t12-/m0/s1.